The van der Waals surface area contributed by atoms with Crippen molar-refractivity contribution in [1.29, 1.82) is 0 Å². The molecule has 0 saturated heterocycles. The molecular weight excluding hydrogens is 373 g/mol. The van der Waals surface area contributed by atoms with Crippen LogP contribution in [-0.2, 0) is 6.54 Å². The number of nitrogens with zero attached hydrogens (tertiary/aromatic N) is 3. The number of hydrogen-bond acceptors (Lipinski definition) is 5. The van der Waals surface area contributed by atoms with Crippen LogP contribution in [0, 0.1) is 0 Å². The minimum Gasteiger partial charge on any atom is -0.497 e. The number of methoxy groups -OCH3 is 1. The first kappa shape index (κ1) is 18.7. The van der Waals surface area contributed by atoms with E-state index in [2.05, 4.69) is 22.0 Å². The maximum Gasteiger partial charge on any atom is 0.247 e. The lowest BCUT2D eigenvalue weighted by atomic mass is 10.1. The van der Waals surface area contributed by atoms with E-state index in [0.29, 0.717) is 28.4 Å². The number of rotatable bonds is 6. The predicted molar refractivity (Wildman–Crippen MR) is 103 cm³/mol. The largest absolute Gasteiger partial charge is 0.497 e. The zero-order chi connectivity index (χ0) is 18.7. The third-order valence-electron chi connectivity index (χ3n) is 4.26. The van der Waals surface area contributed by atoms with Crippen LogP contribution >= 0.6 is 23.2 Å². The van der Waals surface area contributed by atoms with Gasteiger partial charge in [0, 0.05) is 21.7 Å². The smallest absolute Gasteiger partial charge is 0.247 e. The molecule has 0 aliphatic carbocycles. The molecule has 0 bridgehead atoms. The van der Waals surface area contributed by atoms with Gasteiger partial charge in [0.05, 0.1) is 13.7 Å². The quantitative estimate of drug-likeness (QED) is 0.574. The van der Waals surface area contributed by atoms with Crippen LogP contribution in [0.3, 0.4) is 0 Å². The minimum absolute atomic E-state index is 0.0658. The van der Waals surface area contributed by atoms with E-state index in [0.717, 1.165) is 16.9 Å². The van der Waals surface area contributed by atoms with Crippen LogP contribution in [0.2, 0.25) is 10.0 Å². The Morgan fingerprint density at radius 2 is 1.85 bits per heavy atom. The highest BCUT2D eigenvalue weighted by Crippen LogP contribution is 2.30. The monoisotopic (exact) mass is 391 g/mol. The maximum atomic E-state index is 6.31. The van der Waals surface area contributed by atoms with Crippen LogP contribution in [0.25, 0.3) is 11.5 Å². The SMILES string of the molecule is COc1ccc(-c2nnc(CN(C)C(C)c3ccc(Cl)cc3Cl)o2)cc1. The fourth-order valence-electron chi connectivity index (χ4n) is 2.60. The number of ether oxygens (including phenoxy) is 1. The highest BCUT2D eigenvalue weighted by atomic mass is 35.5. The molecule has 1 heterocycles. The molecule has 1 aromatic heterocycles. The first-order valence-corrected chi connectivity index (χ1v) is 8.85. The van der Waals surface area contributed by atoms with Gasteiger partial charge in [-0.25, -0.2) is 0 Å². The van der Waals surface area contributed by atoms with Crippen LogP contribution in [0.4, 0.5) is 0 Å². The zero-order valence-corrected chi connectivity index (χ0v) is 16.3. The molecule has 0 amide bonds. The van der Waals surface area contributed by atoms with Crippen molar-refractivity contribution in [3.8, 4) is 17.2 Å². The Labute approximate surface area is 162 Å². The summed E-state index contributed by atoms with van der Waals surface area (Å²) in [5.41, 5.74) is 1.84. The van der Waals surface area contributed by atoms with Crippen molar-refractivity contribution in [2.24, 2.45) is 0 Å². The van der Waals surface area contributed by atoms with E-state index >= 15 is 0 Å². The molecule has 0 N–H and O–H groups in total. The Morgan fingerprint density at radius 3 is 2.50 bits per heavy atom. The summed E-state index contributed by atoms with van der Waals surface area (Å²) in [4.78, 5) is 2.08. The molecule has 136 valence electrons. The fourth-order valence-corrected chi connectivity index (χ4v) is 3.16. The van der Waals surface area contributed by atoms with Crippen molar-refractivity contribution in [2.45, 2.75) is 19.5 Å². The second kappa shape index (κ2) is 8.08. The summed E-state index contributed by atoms with van der Waals surface area (Å²) in [5.74, 6) is 1.80. The number of hydrogen-bond donors (Lipinski definition) is 0. The van der Waals surface area contributed by atoms with E-state index in [1.807, 2.05) is 43.4 Å². The van der Waals surface area contributed by atoms with E-state index in [1.54, 1.807) is 13.2 Å². The van der Waals surface area contributed by atoms with Crippen LogP contribution < -0.4 is 4.74 Å². The molecule has 0 aliphatic heterocycles. The fraction of sp³-hybridized carbons (Fsp3) is 0.263. The lowest BCUT2D eigenvalue weighted by Gasteiger charge is -2.24. The first-order valence-electron chi connectivity index (χ1n) is 8.10. The normalized spacial score (nSPS) is 12.4. The maximum absolute atomic E-state index is 6.31. The molecule has 0 spiro atoms. The van der Waals surface area contributed by atoms with Gasteiger partial charge in [-0.15, -0.1) is 10.2 Å². The van der Waals surface area contributed by atoms with E-state index in [1.165, 1.54) is 0 Å². The molecule has 2 aromatic carbocycles. The first-order chi connectivity index (χ1) is 12.5. The van der Waals surface area contributed by atoms with Crippen molar-refractivity contribution in [1.82, 2.24) is 15.1 Å². The Morgan fingerprint density at radius 1 is 1.12 bits per heavy atom. The van der Waals surface area contributed by atoms with Crippen LogP contribution in [-0.4, -0.2) is 29.3 Å². The van der Waals surface area contributed by atoms with Crippen LogP contribution in [0.5, 0.6) is 5.75 Å². The Bertz CT molecular complexity index is 881. The summed E-state index contributed by atoms with van der Waals surface area (Å²) < 4.78 is 10.9. The van der Waals surface area contributed by atoms with Gasteiger partial charge in [-0.05, 0) is 55.9 Å². The van der Waals surface area contributed by atoms with Crippen molar-refractivity contribution < 1.29 is 9.15 Å². The number of aromatic nitrogens is 2. The molecule has 26 heavy (non-hydrogen) atoms. The molecule has 1 unspecified atom stereocenters. The summed E-state index contributed by atoms with van der Waals surface area (Å²) in [6.45, 7) is 2.57. The lowest BCUT2D eigenvalue weighted by molar-refractivity contribution is 0.228. The van der Waals surface area contributed by atoms with Gasteiger partial charge >= 0.3 is 0 Å². The summed E-state index contributed by atoms with van der Waals surface area (Å²) in [6, 6.07) is 13.1. The highest BCUT2D eigenvalue weighted by Gasteiger charge is 2.18. The van der Waals surface area contributed by atoms with Crippen molar-refractivity contribution in [2.75, 3.05) is 14.2 Å². The summed E-state index contributed by atoms with van der Waals surface area (Å²) in [6.07, 6.45) is 0. The summed E-state index contributed by atoms with van der Waals surface area (Å²) in [5, 5.41) is 9.53. The predicted octanol–water partition coefficient (Wildman–Crippen LogP) is 5.25. The van der Waals surface area contributed by atoms with E-state index in [4.69, 9.17) is 32.4 Å². The second-order valence-electron chi connectivity index (χ2n) is 5.99. The van der Waals surface area contributed by atoms with Gasteiger partial charge in [0.1, 0.15) is 5.75 Å². The standard InChI is InChI=1S/C19H19Cl2N3O2/c1-12(16-9-6-14(20)10-17(16)21)24(2)11-18-22-23-19(26-18)13-4-7-15(25-3)8-5-13/h4-10,12H,11H2,1-3H3. The van der Waals surface area contributed by atoms with Gasteiger partial charge < -0.3 is 9.15 Å². The lowest BCUT2D eigenvalue weighted by Crippen LogP contribution is -2.22. The van der Waals surface area contributed by atoms with Gasteiger partial charge in [-0.1, -0.05) is 29.3 Å². The molecule has 0 radical (unpaired) electrons. The summed E-state index contributed by atoms with van der Waals surface area (Å²) >= 11 is 12.3. The average Bonchev–Trinajstić information content (AvgIpc) is 3.09. The molecular formula is C19H19Cl2N3O2. The van der Waals surface area contributed by atoms with E-state index < -0.39 is 0 Å². The van der Waals surface area contributed by atoms with Gasteiger partial charge in [0.15, 0.2) is 0 Å². The van der Waals surface area contributed by atoms with E-state index in [9.17, 15) is 0 Å². The topological polar surface area (TPSA) is 51.4 Å². The molecule has 7 heteroatoms. The molecule has 3 aromatic rings. The van der Waals surface area contributed by atoms with Crippen molar-refractivity contribution in [3.63, 3.8) is 0 Å². The number of benzene rings is 2. The van der Waals surface area contributed by atoms with Crippen LogP contribution in [0.1, 0.15) is 24.4 Å². The minimum atomic E-state index is 0.0658. The van der Waals surface area contributed by atoms with Crippen molar-refractivity contribution >= 4 is 23.2 Å². The molecule has 0 aliphatic rings. The molecule has 0 fully saturated rings. The third kappa shape index (κ3) is 4.18. The van der Waals surface area contributed by atoms with Gasteiger partial charge in [0.2, 0.25) is 11.8 Å². The molecule has 1 atom stereocenters. The Balaban J connectivity index is 1.71. The average molecular weight is 392 g/mol. The van der Waals surface area contributed by atoms with E-state index in [-0.39, 0.29) is 6.04 Å². The molecule has 0 saturated carbocycles. The second-order valence-corrected chi connectivity index (χ2v) is 6.83. The van der Waals surface area contributed by atoms with Crippen LogP contribution in [0.15, 0.2) is 46.9 Å². The third-order valence-corrected chi connectivity index (χ3v) is 4.82. The molecule has 3 rings (SSSR count). The zero-order valence-electron chi connectivity index (χ0n) is 14.7. The molecule has 5 nitrogen and oxygen atoms in total. The van der Waals surface area contributed by atoms with Gasteiger partial charge in [-0.3, -0.25) is 4.90 Å². The van der Waals surface area contributed by atoms with Crippen molar-refractivity contribution in [3.05, 3.63) is 64.0 Å². The highest BCUT2D eigenvalue weighted by molar-refractivity contribution is 6.35. The summed E-state index contributed by atoms with van der Waals surface area (Å²) in [7, 11) is 3.61. The Kier molecular flexibility index (Phi) is 5.81. The Hall–Kier alpha value is -2.08. The van der Waals surface area contributed by atoms with Gasteiger partial charge in [0.25, 0.3) is 0 Å². The van der Waals surface area contributed by atoms with Gasteiger partial charge in [-0.2, -0.15) is 0 Å². The number of halogens is 2.